The second-order valence-corrected chi connectivity index (χ2v) is 17.6. The Balaban J connectivity index is 0.00000541. The van der Waals surface area contributed by atoms with Crippen LogP contribution in [0.5, 0.6) is 0 Å². The normalized spacial score (nSPS) is 17.5. The Kier molecular flexibility index (Phi) is 12.5. The van der Waals surface area contributed by atoms with E-state index in [2.05, 4.69) is 97.9 Å². The van der Waals surface area contributed by atoms with Gasteiger partial charge in [-0.1, -0.05) is 98.8 Å². The number of hydrogen-bond donors (Lipinski definition) is 0. The van der Waals surface area contributed by atoms with Gasteiger partial charge in [-0.15, -0.1) is 0 Å². The van der Waals surface area contributed by atoms with E-state index in [1.54, 1.807) is 0 Å². The fourth-order valence-electron chi connectivity index (χ4n) is 7.99. The van der Waals surface area contributed by atoms with E-state index in [9.17, 15) is 25.9 Å². The summed E-state index contributed by atoms with van der Waals surface area (Å²) in [7, 11) is -8.59. The zero-order valence-electron chi connectivity index (χ0n) is 31.1. The molecule has 11 heteroatoms. The molecule has 8 nitrogen and oxygen atoms in total. The molecule has 2 heterocycles. The van der Waals surface area contributed by atoms with Crippen molar-refractivity contribution < 1.29 is 60.1 Å². The van der Waals surface area contributed by atoms with Gasteiger partial charge in [-0.05, 0) is 72.0 Å². The number of hydrogen-bond acceptors (Lipinski definition) is 7. The van der Waals surface area contributed by atoms with Crippen molar-refractivity contribution in [1.82, 2.24) is 0 Å². The van der Waals surface area contributed by atoms with Crippen molar-refractivity contribution >= 4 is 58.9 Å². The van der Waals surface area contributed by atoms with Gasteiger partial charge in [0.15, 0.2) is 5.71 Å². The maximum absolute atomic E-state index is 11.4. The first-order valence-corrected chi connectivity index (χ1v) is 20.8. The van der Waals surface area contributed by atoms with Gasteiger partial charge in [-0.3, -0.25) is 0 Å². The summed E-state index contributed by atoms with van der Waals surface area (Å²) in [4.78, 5) is 2.25. The van der Waals surface area contributed by atoms with Crippen LogP contribution < -0.4 is 34.5 Å². The van der Waals surface area contributed by atoms with Crippen molar-refractivity contribution in [3.63, 3.8) is 0 Å². The Bertz CT molecular complexity index is 2410. The molecule has 0 N–H and O–H groups in total. The number of rotatable bonds is 13. The molecule has 0 bridgehead atoms. The van der Waals surface area contributed by atoms with Gasteiger partial charge in [0.05, 0.1) is 25.7 Å². The van der Waals surface area contributed by atoms with Gasteiger partial charge >= 0.3 is 29.6 Å². The van der Waals surface area contributed by atoms with E-state index in [4.69, 9.17) is 0 Å². The van der Waals surface area contributed by atoms with Crippen molar-refractivity contribution in [3.05, 3.63) is 132 Å². The minimum atomic E-state index is -4.32. The smallest absolute Gasteiger partial charge is 0.748 e. The summed E-state index contributed by atoms with van der Waals surface area (Å²) in [6.07, 6.45) is 15.1. The third-order valence-corrected chi connectivity index (χ3v) is 11.8. The zero-order valence-corrected chi connectivity index (χ0v) is 34.7. The summed E-state index contributed by atoms with van der Waals surface area (Å²) < 4.78 is 70.2. The molecule has 6 rings (SSSR count). The maximum Gasteiger partial charge on any atom is 1.00 e. The van der Waals surface area contributed by atoms with Crippen molar-refractivity contribution in [3.8, 4) is 0 Å². The third-order valence-electron chi connectivity index (χ3n) is 10.3. The first-order valence-electron chi connectivity index (χ1n) is 17.7. The summed E-state index contributed by atoms with van der Waals surface area (Å²) in [5.41, 5.74) is 5.94. The molecule has 0 atom stereocenters. The van der Waals surface area contributed by atoms with Crippen LogP contribution in [0.1, 0.15) is 58.1 Å². The molecule has 4 aromatic carbocycles. The van der Waals surface area contributed by atoms with Crippen LogP contribution in [0.4, 0.5) is 11.4 Å². The molecule has 4 aromatic rings. The summed E-state index contributed by atoms with van der Waals surface area (Å²) in [6, 6.07) is 25.0. The van der Waals surface area contributed by atoms with Crippen LogP contribution in [0.15, 0.2) is 121 Å². The van der Waals surface area contributed by atoms with Gasteiger partial charge in [-0.2, -0.15) is 4.58 Å². The van der Waals surface area contributed by atoms with Crippen LogP contribution in [-0.2, 0) is 31.1 Å². The van der Waals surface area contributed by atoms with E-state index in [0.29, 0.717) is 25.9 Å². The van der Waals surface area contributed by atoms with Crippen LogP contribution in [-0.4, -0.2) is 60.8 Å². The minimum Gasteiger partial charge on any atom is -0.748 e. The first kappa shape index (κ1) is 40.8. The topological polar surface area (TPSA) is 121 Å². The van der Waals surface area contributed by atoms with Crippen molar-refractivity contribution in [2.75, 3.05) is 29.5 Å². The van der Waals surface area contributed by atoms with E-state index in [1.165, 1.54) is 16.5 Å². The minimum absolute atomic E-state index is 0. The molecule has 0 spiro atoms. The van der Waals surface area contributed by atoms with Crippen molar-refractivity contribution in [2.24, 2.45) is 0 Å². The fourth-order valence-corrected chi connectivity index (χ4v) is 9.03. The predicted octanol–water partition coefficient (Wildman–Crippen LogP) is 4.98. The summed E-state index contributed by atoms with van der Waals surface area (Å²) >= 11 is 0. The van der Waals surface area contributed by atoms with Gasteiger partial charge in [0.25, 0.3) is 0 Å². The number of benzene rings is 4. The molecule has 0 saturated carbocycles. The number of unbranched alkanes of at least 4 members (excludes halogenated alkanes) is 1. The second-order valence-electron chi connectivity index (χ2n) is 14.6. The van der Waals surface area contributed by atoms with Gasteiger partial charge < -0.3 is 14.0 Å². The standard InChI is InChI=1S/C42H46N2O6S2.Na/c1-41(2)37(43(27-14-15-29-51(45,46)47)35-25-23-31-17-10-12-19-33(31)39(35)41)21-8-6-5-7-9-22-38-42(3,4)40-34-20-13-11-18-32(34)24-26-36(40)44(38)28-16-30-52(48,49)50;/h5-13,17-26H,14-16,27-30H2,1-4H3,(H-,45,46,47,48,49,50);/q;+1/p-1. The molecule has 53 heavy (non-hydrogen) atoms. The summed E-state index contributed by atoms with van der Waals surface area (Å²) in [5, 5.41) is 4.62. The average Bonchev–Trinajstić information content (AvgIpc) is 3.43. The molecular formula is C42H45N2NaO6S2. The van der Waals surface area contributed by atoms with Crippen molar-refractivity contribution in [2.45, 2.75) is 57.8 Å². The predicted molar refractivity (Wildman–Crippen MR) is 210 cm³/mol. The molecule has 2 aliphatic rings. The molecule has 0 saturated heterocycles. The Morgan fingerprint density at radius 1 is 0.660 bits per heavy atom. The van der Waals surface area contributed by atoms with Gasteiger partial charge in [0, 0.05) is 59.0 Å². The van der Waals surface area contributed by atoms with Gasteiger partial charge in [-0.25, -0.2) is 16.8 Å². The Labute approximate surface area is 336 Å². The first-order chi connectivity index (χ1) is 24.6. The monoisotopic (exact) mass is 760 g/mol. The quantitative estimate of drug-likeness (QED) is 0.0620. The third kappa shape index (κ3) is 8.81. The Morgan fingerprint density at radius 3 is 1.89 bits per heavy atom. The fraction of sp³-hybridized carbons (Fsp3) is 0.310. The number of anilines is 1. The van der Waals surface area contributed by atoms with Gasteiger partial charge in [0.2, 0.25) is 5.69 Å². The summed E-state index contributed by atoms with van der Waals surface area (Å²) in [5.74, 6) is -0.785. The van der Waals surface area contributed by atoms with Crippen LogP contribution in [0.25, 0.3) is 21.5 Å². The second kappa shape index (κ2) is 16.2. The van der Waals surface area contributed by atoms with Crippen LogP contribution in [0.3, 0.4) is 0 Å². The van der Waals surface area contributed by atoms with E-state index < -0.39 is 26.0 Å². The van der Waals surface area contributed by atoms with E-state index >= 15 is 0 Å². The Hall–Kier alpha value is -3.35. The average molecular weight is 761 g/mol. The molecule has 0 amide bonds. The largest absolute Gasteiger partial charge is 1.00 e. The van der Waals surface area contributed by atoms with Crippen LogP contribution >= 0.6 is 0 Å². The maximum atomic E-state index is 11.4. The number of fused-ring (bicyclic) bond motifs is 6. The number of nitrogens with zero attached hydrogens (tertiary/aromatic N) is 2. The van der Waals surface area contributed by atoms with E-state index in [-0.39, 0.29) is 52.6 Å². The molecule has 0 unspecified atom stereocenters. The molecule has 2 aliphatic heterocycles. The van der Waals surface area contributed by atoms with Gasteiger partial charge in [0.1, 0.15) is 6.54 Å². The molecule has 0 aromatic heterocycles. The summed E-state index contributed by atoms with van der Waals surface area (Å²) in [6.45, 7) is 9.76. The van der Waals surface area contributed by atoms with Crippen LogP contribution in [0.2, 0.25) is 0 Å². The Morgan fingerprint density at radius 2 is 1.23 bits per heavy atom. The molecule has 0 radical (unpaired) electrons. The zero-order chi connectivity index (χ0) is 37.3. The van der Waals surface area contributed by atoms with E-state index in [0.717, 1.165) is 38.9 Å². The number of allylic oxidation sites excluding steroid dienone is 8. The van der Waals surface area contributed by atoms with E-state index in [1.807, 2.05) is 54.6 Å². The molecule has 272 valence electrons. The van der Waals surface area contributed by atoms with Crippen LogP contribution in [0, 0.1) is 0 Å². The molecule has 0 aliphatic carbocycles. The molecular weight excluding hydrogens is 716 g/mol. The molecule has 0 fully saturated rings. The van der Waals surface area contributed by atoms with Crippen molar-refractivity contribution in [1.29, 1.82) is 0 Å². The SMILES string of the molecule is CC1(C)C(/C=C/C=C/C=C/C=C2/N(CCCCS(=O)(=O)[O-])c3ccc4ccccc4c3C2(C)C)=[N+](CCCS(=O)(=O)[O-])c2ccc3ccccc3c21.[Na+].